The number of thioether (sulfide) groups is 1. The monoisotopic (exact) mass is 492 g/mol. The van der Waals surface area contributed by atoms with Crippen LogP contribution < -0.4 is 5.32 Å². The fraction of sp³-hybridized carbons (Fsp3) is 0.440. The molecule has 2 amide bonds. The van der Waals surface area contributed by atoms with E-state index in [9.17, 15) is 9.59 Å². The molecule has 0 bridgehead atoms. The average molecular weight is 494 g/mol. The first kappa shape index (κ1) is 24.9. The number of carbonyl (C=O) groups excluding carboxylic acids is 2. The molecule has 0 aromatic heterocycles. The molecule has 1 saturated carbocycles. The van der Waals surface area contributed by atoms with E-state index in [1.807, 2.05) is 24.3 Å². The van der Waals surface area contributed by atoms with E-state index in [-0.39, 0.29) is 17.9 Å². The summed E-state index contributed by atoms with van der Waals surface area (Å²) in [5, 5.41) is 4.04. The van der Waals surface area contributed by atoms with E-state index in [1.54, 1.807) is 35.7 Å². The minimum Gasteiger partial charge on any atom is -0.352 e. The lowest BCUT2D eigenvalue weighted by molar-refractivity contribution is -0.140. The lowest BCUT2D eigenvalue weighted by atomic mass is 10.1. The molecule has 3 rings (SSSR count). The summed E-state index contributed by atoms with van der Waals surface area (Å²) in [6, 6.07) is 15.2. The van der Waals surface area contributed by atoms with Gasteiger partial charge in [0.2, 0.25) is 11.8 Å². The van der Waals surface area contributed by atoms with E-state index in [0.717, 1.165) is 37.0 Å². The fourth-order valence-corrected chi connectivity index (χ4v) is 5.09. The lowest BCUT2D eigenvalue weighted by Gasteiger charge is -2.30. The number of nitrogens with one attached hydrogen (secondary N) is 1. The van der Waals surface area contributed by atoms with Crippen LogP contribution in [-0.4, -0.2) is 34.6 Å². The van der Waals surface area contributed by atoms with E-state index < -0.39 is 6.04 Å². The van der Waals surface area contributed by atoms with E-state index in [2.05, 4.69) is 17.4 Å². The Labute approximate surface area is 205 Å². The summed E-state index contributed by atoms with van der Waals surface area (Å²) in [5.74, 6) is 1.43. The largest absolute Gasteiger partial charge is 0.352 e. The van der Waals surface area contributed by atoms with Crippen LogP contribution in [-0.2, 0) is 21.9 Å². The van der Waals surface area contributed by atoms with E-state index in [4.69, 9.17) is 23.2 Å². The number of halogens is 2. The molecule has 1 aliphatic rings. The molecule has 1 unspecified atom stereocenters. The van der Waals surface area contributed by atoms with Crippen molar-refractivity contribution in [2.45, 2.75) is 63.4 Å². The lowest BCUT2D eigenvalue weighted by Crippen LogP contribution is -2.49. The second-order valence-corrected chi connectivity index (χ2v) is 10.1. The first-order chi connectivity index (χ1) is 15.4. The van der Waals surface area contributed by atoms with E-state index in [0.29, 0.717) is 28.8 Å². The minimum atomic E-state index is -0.559. The number of hydrogen-bond acceptors (Lipinski definition) is 3. The number of benzene rings is 2. The predicted molar refractivity (Wildman–Crippen MR) is 134 cm³/mol. The molecule has 0 radical (unpaired) electrons. The van der Waals surface area contributed by atoms with Crippen LogP contribution in [0.15, 0.2) is 48.5 Å². The Balaban J connectivity index is 1.63. The van der Waals surface area contributed by atoms with E-state index >= 15 is 0 Å². The van der Waals surface area contributed by atoms with Crippen LogP contribution in [0.2, 0.25) is 10.0 Å². The Morgan fingerprint density at radius 2 is 1.78 bits per heavy atom. The van der Waals surface area contributed by atoms with E-state index in [1.165, 1.54) is 5.56 Å². The van der Waals surface area contributed by atoms with Crippen LogP contribution in [0, 0.1) is 0 Å². The highest BCUT2D eigenvalue weighted by atomic mass is 35.5. The summed E-state index contributed by atoms with van der Waals surface area (Å²) in [5.41, 5.74) is 2.09. The van der Waals surface area contributed by atoms with Crippen molar-refractivity contribution in [3.05, 3.63) is 69.7 Å². The summed E-state index contributed by atoms with van der Waals surface area (Å²) < 4.78 is 0. The SMILES string of the molecule is CC(C(=O)NC1CCCC1)N(Cc1ccc(Cl)c(Cl)c1)C(=O)CCSCc1ccccc1. The molecule has 0 saturated heterocycles. The van der Waals surface area contributed by atoms with Gasteiger partial charge in [-0.2, -0.15) is 11.8 Å². The van der Waals surface area contributed by atoms with Crippen LogP contribution in [0.1, 0.15) is 50.2 Å². The summed E-state index contributed by atoms with van der Waals surface area (Å²) in [6.07, 6.45) is 4.68. The third-order valence-corrected chi connectivity index (χ3v) is 7.55. The molecule has 4 nitrogen and oxygen atoms in total. The quantitative estimate of drug-likeness (QED) is 0.408. The zero-order valence-corrected chi connectivity index (χ0v) is 20.7. The van der Waals surface area contributed by atoms with Crippen molar-refractivity contribution in [1.29, 1.82) is 0 Å². The predicted octanol–water partition coefficient (Wildman–Crippen LogP) is 6.09. The normalized spacial score (nSPS) is 14.8. The molecule has 0 heterocycles. The van der Waals surface area contributed by atoms with Gasteiger partial charge in [0, 0.05) is 30.5 Å². The van der Waals surface area contributed by atoms with Crippen LogP contribution in [0.4, 0.5) is 0 Å². The number of carbonyl (C=O) groups is 2. The molecule has 172 valence electrons. The Kier molecular flexibility index (Phi) is 9.76. The Morgan fingerprint density at radius 3 is 2.47 bits per heavy atom. The van der Waals surface area contributed by atoms with Crippen molar-refractivity contribution < 1.29 is 9.59 Å². The third-order valence-electron chi connectivity index (χ3n) is 5.78. The molecule has 1 aliphatic carbocycles. The number of rotatable bonds is 10. The van der Waals surface area contributed by atoms with Gasteiger partial charge in [0.25, 0.3) is 0 Å². The maximum absolute atomic E-state index is 13.2. The maximum atomic E-state index is 13.2. The van der Waals surface area contributed by atoms with Gasteiger partial charge in [-0.1, -0.05) is 72.4 Å². The van der Waals surface area contributed by atoms with Gasteiger partial charge in [0.1, 0.15) is 6.04 Å². The zero-order chi connectivity index (χ0) is 22.9. The molecule has 2 aromatic carbocycles. The smallest absolute Gasteiger partial charge is 0.242 e. The highest BCUT2D eigenvalue weighted by Crippen LogP contribution is 2.24. The van der Waals surface area contributed by atoms with Crippen LogP contribution >= 0.6 is 35.0 Å². The molecule has 7 heteroatoms. The first-order valence-corrected chi connectivity index (χ1v) is 13.0. The van der Waals surface area contributed by atoms with Gasteiger partial charge < -0.3 is 10.2 Å². The molecule has 1 N–H and O–H groups in total. The summed E-state index contributed by atoms with van der Waals surface area (Å²) >= 11 is 13.9. The molecule has 1 fully saturated rings. The fourth-order valence-electron chi connectivity index (χ4n) is 3.88. The van der Waals surface area contributed by atoms with Crippen molar-refractivity contribution in [3.63, 3.8) is 0 Å². The zero-order valence-electron chi connectivity index (χ0n) is 18.4. The van der Waals surface area contributed by atoms with Gasteiger partial charge in [0.15, 0.2) is 0 Å². The Hall–Kier alpha value is -1.69. The van der Waals surface area contributed by atoms with Crippen molar-refractivity contribution in [3.8, 4) is 0 Å². The number of hydrogen-bond donors (Lipinski definition) is 1. The minimum absolute atomic E-state index is 0.0364. The summed E-state index contributed by atoms with van der Waals surface area (Å²) in [4.78, 5) is 27.7. The van der Waals surface area contributed by atoms with Crippen molar-refractivity contribution in [1.82, 2.24) is 10.2 Å². The summed E-state index contributed by atoms with van der Waals surface area (Å²) in [6.45, 7) is 2.12. The van der Waals surface area contributed by atoms with Crippen LogP contribution in [0.3, 0.4) is 0 Å². The van der Waals surface area contributed by atoms with Crippen molar-refractivity contribution in [2.24, 2.45) is 0 Å². The highest BCUT2D eigenvalue weighted by Gasteiger charge is 2.28. The molecular weight excluding hydrogens is 463 g/mol. The third kappa shape index (κ3) is 7.43. The molecule has 0 spiro atoms. The van der Waals surface area contributed by atoms with Crippen LogP contribution in [0.25, 0.3) is 0 Å². The number of nitrogens with zero attached hydrogens (tertiary/aromatic N) is 1. The van der Waals surface area contributed by atoms with Crippen LogP contribution in [0.5, 0.6) is 0 Å². The van der Waals surface area contributed by atoms with Crippen molar-refractivity contribution in [2.75, 3.05) is 5.75 Å². The standard InChI is InChI=1S/C25H30Cl2N2O2S/c1-18(25(31)28-21-9-5-6-10-21)29(16-20-11-12-22(26)23(27)15-20)24(30)13-14-32-17-19-7-3-2-4-8-19/h2-4,7-8,11-12,15,18,21H,5-6,9-10,13-14,16-17H2,1H3,(H,28,31). The average Bonchev–Trinajstić information content (AvgIpc) is 3.30. The topological polar surface area (TPSA) is 49.4 Å². The number of amides is 2. The molecular formula is C25H30Cl2N2O2S. The first-order valence-electron chi connectivity index (χ1n) is 11.1. The molecule has 2 aromatic rings. The Bertz CT molecular complexity index is 904. The van der Waals surface area contributed by atoms with Gasteiger partial charge in [-0.05, 0) is 43.0 Å². The highest BCUT2D eigenvalue weighted by molar-refractivity contribution is 7.98. The van der Waals surface area contributed by atoms with Gasteiger partial charge in [0.05, 0.1) is 10.0 Å². The summed E-state index contributed by atoms with van der Waals surface area (Å²) in [7, 11) is 0. The molecule has 1 atom stereocenters. The second-order valence-electron chi connectivity index (χ2n) is 8.22. The second kappa shape index (κ2) is 12.5. The van der Waals surface area contributed by atoms with Gasteiger partial charge in [-0.25, -0.2) is 0 Å². The van der Waals surface area contributed by atoms with Crippen molar-refractivity contribution >= 4 is 46.8 Å². The molecule has 0 aliphatic heterocycles. The van der Waals surface area contributed by atoms with Gasteiger partial charge in [-0.3, -0.25) is 9.59 Å². The maximum Gasteiger partial charge on any atom is 0.242 e. The Morgan fingerprint density at radius 1 is 1.06 bits per heavy atom. The van der Waals surface area contributed by atoms with Gasteiger partial charge >= 0.3 is 0 Å². The van der Waals surface area contributed by atoms with Gasteiger partial charge in [-0.15, -0.1) is 0 Å². The molecule has 32 heavy (non-hydrogen) atoms.